The lowest BCUT2D eigenvalue weighted by molar-refractivity contribution is -0.140. The van der Waals surface area contributed by atoms with Crippen molar-refractivity contribution in [3.05, 3.63) is 64.4 Å². The van der Waals surface area contributed by atoms with Gasteiger partial charge in [0.15, 0.2) is 0 Å². The molecule has 0 saturated carbocycles. The molecule has 2 heterocycles. The molecule has 2 aromatic carbocycles. The molecule has 0 aliphatic carbocycles. The van der Waals surface area contributed by atoms with Crippen LogP contribution in [0.4, 0.5) is 0 Å². The van der Waals surface area contributed by atoms with Crippen LogP contribution in [-0.2, 0) is 28.0 Å². The van der Waals surface area contributed by atoms with Crippen molar-refractivity contribution in [3.63, 3.8) is 0 Å². The van der Waals surface area contributed by atoms with Gasteiger partial charge in [0.25, 0.3) is 0 Å². The summed E-state index contributed by atoms with van der Waals surface area (Å²) in [5.74, 6) is 1.06. The smallest absolute Gasteiger partial charge is 0.233 e. The predicted octanol–water partition coefficient (Wildman–Crippen LogP) is 4.53. The number of halogens is 1. The molecule has 1 fully saturated rings. The highest BCUT2D eigenvalue weighted by Gasteiger charge is 2.43. The normalized spacial score (nSPS) is 16.1. The Labute approximate surface area is 179 Å². The topological polar surface area (TPSA) is 47.4 Å². The van der Waals surface area contributed by atoms with Crippen LogP contribution in [0.25, 0.3) is 11.0 Å². The molecule has 0 unspecified atom stereocenters. The van der Waals surface area contributed by atoms with Crippen LogP contribution in [0.15, 0.2) is 53.0 Å². The molecular formula is C23H26BrN3O2. The number of hydrogen-bond donors (Lipinski definition) is 0. The molecule has 29 heavy (non-hydrogen) atoms. The Balaban J connectivity index is 1.65. The first-order chi connectivity index (χ1) is 14.0. The lowest BCUT2D eigenvalue weighted by Crippen LogP contribution is -2.48. The van der Waals surface area contributed by atoms with E-state index in [1.54, 1.807) is 0 Å². The molecule has 0 spiro atoms. The van der Waals surface area contributed by atoms with E-state index < -0.39 is 5.41 Å². The largest absolute Gasteiger partial charge is 0.381 e. The third-order valence-electron chi connectivity index (χ3n) is 5.93. The summed E-state index contributed by atoms with van der Waals surface area (Å²) in [6.45, 7) is 4.62. The van der Waals surface area contributed by atoms with E-state index in [0.29, 0.717) is 32.6 Å². The van der Waals surface area contributed by atoms with Crippen molar-refractivity contribution in [2.45, 2.75) is 38.3 Å². The minimum absolute atomic E-state index is 0.137. The van der Waals surface area contributed by atoms with Gasteiger partial charge in [0.05, 0.1) is 23.0 Å². The fourth-order valence-corrected chi connectivity index (χ4v) is 4.63. The van der Waals surface area contributed by atoms with Crippen molar-refractivity contribution >= 4 is 32.9 Å². The van der Waals surface area contributed by atoms with E-state index in [1.165, 1.54) is 0 Å². The molecule has 152 valence electrons. The summed E-state index contributed by atoms with van der Waals surface area (Å²) in [4.78, 5) is 20.4. The number of aromatic nitrogens is 2. The molecule has 5 nitrogen and oxygen atoms in total. The van der Waals surface area contributed by atoms with E-state index in [0.717, 1.165) is 33.4 Å². The summed E-state index contributed by atoms with van der Waals surface area (Å²) >= 11 is 3.50. The van der Waals surface area contributed by atoms with Gasteiger partial charge in [-0.2, -0.15) is 0 Å². The molecule has 1 amide bonds. The molecule has 0 bridgehead atoms. The summed E-state index contributed by atoms with van der Waals surface area (Å²) in [5.41, 5.74) is 2.60. The Bertz CT molecular complexity index is 1010. The van der Waals surface area contributed by atoms with E-state index >= 15 is 0 Å². The maximum absolute atomic E-state index is 13.7. The standard InChI is InChI=1S/C23H26BrN3O2/c1-3-27-20-7-5-4-6-19(20)25-21(27)16-26(2)22(28)23(12-14-29-15-13-23)17-8-10-18(24)11-9-17/h4-11H,3,12-16H2,1-2H3. The number of para-hydroxylation sites is 2. The number of amides is 1. The van der Waals surface area contributed by atoms with Crippen molar-refractivity contribution in [1.29, 1.82) is 0 Å². The van der Waals surface area contributed by atoms with E-state index in [-0.39, 0.29) is 5.91 Å². The third kappa shape index (κ3) is 3.71. The van der Waals surface area contributed by atoms with Gasteiger partial charge >= 0.3 is 0 Å². The van der Waals surface area contributed by atoms with Gasteiger partial charge in [-0.05, 0) is 49.6 Å². The first-order valence-corrected chi connectivity index (χ1v) is 10.9. The van der Waals surface area contributed by atoms with Gasteiger partial charge in [-0.15, -0.1) is 0 Å². The van der Waals surface area contributed by atoms with Gasteiger partial charge in [0.2, 0.25) is 5.91 Å². The maximum atomic E-state index is 13.7. The average molecular weight is 456 g/mol. The lowest BCUT2D eigenvalue weighted by Gasteiger charge is -2.39. The van der Waals surface area contributed by atoms with Gasteiger partial charge in [0, 0.05) is 31.3 Å². The number of carbonyl (C=O) groups is 1. The lowest BCUT2D eigenvalue weighted by atomic mass is 9.73. The fraction of sp³-hybridized carbons (Fsp3) is 0.391. The molecule has 1 saturated heterocycles. The Kier molecular flexibility index (Phi) is 5.74. The van der Waals surface area contributed by atoms with Gasteiger partial charge in [0.1, 0.15) is 5.82 Å². The van der Waals surface area contributed by atoms with Crippen molar-refractivity contribution < 1.29 is 9.53 Å². The van der Waals surface area contributed by atoms with E-state index in [2.05, 4.69) is 45.6 Å². The van der Waals surface area contributed by atoms with Crippen LogP contribution >= 0.6 is 15.9 Å². The quantitative estimate of drug-likeness (QED) is 0.567. The number of benzene rings is 2. The number of fused-ring (bicyclic) bond motifs is 1. The number of carbonyl (C=O) groups excluding carboxylic acids is 1. The van der Waals surface area contributed by atoms with Crippen molar-refractivity contribution in [2.75, 3.05) is 20.3 Å². The molecular weight excluding hydrogens is 430 g/mol. The first kappa shape index (κ1) is 20.1. The molecule has 3 aromatic rings. The van der Waals surface area contributed by atoms with Gasteiger partial charge < -0.3 is 14.2 Å². The van der Waals surface area contributed by atoms with Crippen molar-refractivity contribution in [2.24, 2.45) is 0 Å². The van der Waals surface area contributed by atoms with Crippen LogP contribution in [0, 0.1) is 0 Å². The molecule has 0 radical (unpaired) electrons. The van der Waals surface area contributed by atoms with Gasteiger partial charge in [-0.3, -0.25) is 4.79 Å². The summed E-state index contributed by atoms with van der Waals surface area (Å²) in [5, 5.41) is 0. The summed E-state index contributed by atoms with van der Waals surface area (Å²) in [6.07, 6.45) is 1.39. The van der Waals surface area contributed by atoms with Crippen LogP contribution in [0.5, 0.6) is 0 Å². The fourth-order valence-electron chi connectivity index (χ4n) is 4.36. The zero-order valence-corrected chi connectivity index (χ0v) is 18.5. The number of imidazole rings is 1. The minimum atomic E-state index is -0.545. The highest BCUT2D eigenvalue weighted by molar-refractivity contribution is 9.10. The van der Waals surface area contributed by atoms with Crippen LogP contribution < -0.4 is 0 Å². The van der Waals surface area contributed by atoms with Gasteiger partial charge in [-0.1, -0.05) is 40.2 Å². The average Bonchev–Trinajstić information content (AvgIpc) is 3.11. The Hall–Kier alpha value is -2.18. The van der Waals surface area contributed by atoms with Gasteiger partial charge in [-0.25, -0.2) is 4.98 Å². The molecule has 1 aliphatic rings. The number of rotatable bonds is 5. The number of ether oxygens (including phenoxy) is 1. The first-order valence-electron chi connectivity index (χ1n) is 10.1. The molecule has 4 rings (SSSR count). The summed E-state index contributed by atoms with van der Waals surface area (Å²) in [7, 11) is 1.89. The number of nitrogens with zero attached hydrogens (tertiary/aromatic N) is 3. The Morgan fingerprint density at radius 1 is 1.17 bits per heavy atom. The number of hydrogen-bond acceptors (Lipinski definition) is 3. The van der Waals surface area contributed by atoms with Crippen molar-refractivity contribution in [1.82, 2.24) is 14.5 Å². The second-order valence-electron chi connectivity index (χ2n) is 7.62. The predicted molar refractivity (Wildman–Crippen MR) is 118 cm³/mol. The van der Waals surface area contributed by atoms with E-state index in [4.69, 9.17) is 9.72 Å². The molecule has 1 aliphatic heterocycles. The second kappa shape index (κ2) is 8.28. The number of aryl methyl sites for hydroxylation is 1. The molecule has 0 atom stereocenters. The monoisotopic (exact) mass is 455 g/mol. The molecule has 1 aromatic heterocycles. The highest BCUT2D eigenvalue weighted by Crippen LogP contribution is 2.37. The molecule has 6 heteroatoms. The second-order valence-corrected chi connectivity index (χ2v) is 8.54. The van der Waals surface area contributed by atoms with Crippen LogP contribution in [-0.4, -0.2) is 40.6 Å². The van der Waals surface area contributed by atoms with Crippen LogP contribution in [0.2, 0.25) is 0 Å². The van der Waals surface area contributed by atoms with E-state index in [9.17, 15) is 4.79 Å². The summed E-state index contributed by atoms with van der Waals surface area (Å²) in [6, 6.07) is 16.3. The summed E-state index contributed by atoms with van der Waals surface area (Å²) < 4.78 is 8.80. The zero-order valence-electron chi connectivity index (χ0n) is 16.9. The SMILES string of the molecule is CCn1c(CN(C)C(=O)C2(c3ccc(Br)cc3)CCOCC2)nc2ccccc21. The Morgan fingerprint density at radius 2 is 1.86 bits per heavy atom. The van der Waals surface area contributed by atoms with Crippen molar-refractivity contribution in [3.8, 4) is 0 Å². The zero-order chi connectivity index (χ0) is 20.4. The third-order valence-corrected chi connectivity index (χ3v) is 6.46. The van der Waals surface area contributed by atoms with Crippen LogP contribution in [0.1, 0.15) is 31.2 Å². The van der Waals surface area contributed by atoms with E-state index in [1.807, 2.05) is 42.3 Å². The Morgan fingerprint density at radius 3 is 2.55 bits per heavy atom. The number of likely N-dealkylation sites (N-methyl/N-ethyl adjacent to an activating group) is 1. The minimum Gasteiger partial charge on any atom is -0.381 e. The maximum Gasteiger partial charge on any atom is 0.233 e. The highest BCUT2D eigenvalue weighted by atomic mass is 79.9. The van der Waals surface area contributed by atoms with Crippen LogP contribution in [0.3, 0.4) is 0 Å². The molecule has 0 N–H and O–H groups in total.